The van der Waals surface area contributed by atoms with Gasteiger partial charge in [0.05, 0.1) is 4.47 Å². The van der Waals surface area contributed by atoms with Crippen molar-refractivity contribution in [3.05, 3.63) is 52.6 Å². The second-order valence-corrected chi connectivity index (χ2v) is 3.37. The van der Waals surface area contributed by atoms with Gasteiger partial charge >= 0.3 is 0 Å². The Bertz CT molecular complexity index is 294. The standard InChI is InChI=1S/C10H9BrF/c1-3-7(2)8-4-5-10(12)9(11)6-8/h3-6H,1H2,2H3. The first-order chi connectivity index (χ1) is 5.65. The minimum Gasteiger partial charge on any atom is -0.206 e. The highest BCUT2D eigenvalue weighted by Gasteiger charge is 2.04. The molecule has 63 valence electrons. The third-order valence-corrected chi connectivity index (χ3v) is 2.29. The molecule has 0 fully saturated rings. The third-order valence-electron chi connectivity index (χ3n) is 1.68. The molecule has 0 aliphatic heterocycles. The molecule has 1 aromatic carbocycles. The lowest BCUT2D eigenvalue weighted by molar-refractivity contribution is 0.620. The molecule has 0 bridgehead atoms. The van der Waals surface area contributed by atoms with Crippen LogP contribution >= 0.6 is 15.9 Å². The molecule has 0 aromatic heterocycles. The number of hydrogen-bond donors (Lipinski definition) is 0. The van der Waals surface area contributed by atoms with E-state index in [2.05, 4.69) is 22.5 Å². The van der Waals surface area contributed by atoms with Gasteiger partial charge in [-0.25, -0.2) is 4.39 Å². The fourth-order valence-electron chi connectivity index (χ4n) is 0.859. The molecule has 2 heteroatoms. The average Bonchev–Trinajstić information content (AvgIpc) is 2.08. The van der Waals surface area contributed by atoms with E-state index in [1.54, 1.807) is 18.2 Å². The van der Waals surface area contributed by atoms with E-state index >= 15 is 0 Å². The van der Waals surface area contributed by atoms with Gasteiger partial charge in [0.2, 0.25) is 0 Å². The predicted octanol–water partition coefficient (Wildman–Crippen LogP) is 3.72. The van der Waals surface area contributed by atoms with E-state index < -0.39 is 0 Å². The topological polar surface area (TPSA) is 0 Å². The molecule has 1 rings (SSSR count). The van der Waals surface area contributed by atoms with Gasteiger partial charge in [-0.1, -0.05) is 19.1 Å². The van der Waals surface area contributed by atoms with Crippen LogP contribution in [0, 0.1) is 11.7 Å². The second kappa shape index (κ2) is 3.85. The Kier molecular flexibility index (Phi) is 3.04. The van der Waals surface area contributed by atoms with Crippen molar-refractivity contribution in [3.8, 4) is 0 Å². The van der Waals surface area contributed by atoms with Crippen molar-refractivity contribution in [1.29, 1.82) is 0 Å². The lowest BCUT2D eigenvalue weighted by atomic mass is 10.0. The highest BCUT2D eigenvalue weighted by atomic mass is 79.9. The van der Waals surface area contributed by atoms with E-state index in [0.717, 1.165) is 11.5 Å². The minimum absolute atomic E-state index is 0.240. The fraction of sp³-hybridized carbons (Fsp3) is 0.100. The molecule has 0 aliphatic carbocycles. The van der Waals surface area contributed by atoms with Crippen LogP contribution in [0.4, 0.5) is 4.39 Å². The van der Waals surface area contributed by atoms with E-state index in [1.165, 1.54) is 6.07 Å². The molecule has 12 heavy (non-hydrogen) atoms. The van der Waals surface area contributed by atoms with Gasteiger partial charge in [-0.2, -0.15) is 0 Å². The Morgan fingerprint density at radius 2 is 2.25 bits per heavy atom. The van der Waals surface area contributed by atoms with Gasteiger partial charge in [0.1, 0.15) is 5.82 Å². The van der Waals surface area contributed by atoms with Crippen LogP contribution in [-0.2, 0) is 0 Å². The van der Waals surface area contributed by atoms with E-state index in [1.807, 2.05) is 6.92 Å². The van der Waals surface area contributed by atoms with Crippen molar-refractivity contribution < 1.29 is 4.39 Å². The molecule has 0 atom stereocenters. The van der Waals surface area contributed by atoms with Crippen molar-refractivity contribution in [2.45, 2.75) is 6.92 Å². The molecule has 1 radical (unpaired) electrons. The van der Waals surface area contributed by atoms with Gasteiger partial charge in [0.25, 0.3) is 0 Å². The van der Waals surface area contributed by atoms with E-state index in [4.69, 9.17) is 0 Å². The Hall–Kier alpha value is -0.630. The summed E-state index contributed by atoms with van der Waals surface area (Å²) in [6.07, 6.45) is 1.75. The number of halogens is 2. The molecule has 0 aliphatic rings. The minimum atomic E-state index is -0.240. The second-order valence-electron chi connectivity index (χ2n) is 2.52. The van der Waals surface area contributed by atoms with E-state index in [9.17, 15) is 4.39 Å². The Morgan fingerprint density at radius 1 is 1.58 bits per heavy atom. The van der Waals surface area contributed by atoms with Gasteiger partial charge in [-0.05, 0) is 33.6 Å². The molecular weight excluding hydrogens is 219 g/mol. The van der Waals surface area contributed by atoms with Crippen LogP contribution in [0.25, 0.3) is 0 Å². The van der Waals surface area contributed by atoms with Crippen molar-refractivity contribution in [1.82, 2.24) is 0 Å². The van der Waals surface area contributed by atoms with Gasteiger partial charge in [-0.15, -0.1) is 6.58 Å². The summed E-state index contributed by atoms with van der Waals surface area (Å²) in [6.45, 7) is 5.58. The van der Waals surface area contributed by atoms with Crippen molar-refractivity contribution in [2.75, 3.05) is 0 Å². The molecule has 0 N–H and O–H groups in total. The summed E-state index contributed by atoms with van der Waals surface area (Å²) >= 11 is 3.12. The summed E-state index contributed by atoms with van der Waals surface area (Å²) in [4.78, 5) is 0. The van der Waals surface area contributed by atoms with Gasteiger partial charge in [-0.3, -0.25) is 0 Å². The van der Waals surface area contributed by atoms with Crippen molar-refractivity contribution in [3.63, 3.8) is 0 Å². The van der Waals surface area contributed by atoms with Crippen molar-refractivity contribution in [2.24, 2.45) is 0 Å². The highest BCUT2D eigenvalue weighted by Crippen LogP contribution is 2.22. The molecule has 0 heterocycles. The van der Waals surface area contributed by atoms with E-state index in [0.29, 0.717) is 4.47 Å². The maximum Gasteiger partial charge on any atom is 0.137 e. The largest absolute Gasteiger partial charge is 0.206 e. The summed E-state index contributed by atoms with van der Waals surface area (Å²) in [5.74, 6) is 0.798. The molecule has 0 nitrogen and oxygen atoms in total. The number of hydrogen-bond acceptors (Lipinski definition) is 0. The summed E-state index contributed by atoms with van der Waals surface area (Å²) in [6, 6.07) is 4.91. The Labute approximate surface area is 80.2 Å². The lowest BCUT2D eigenvalue weighted by Crippen LogP contribution is -1.90. The monoisotopic (exact) mass is 227 g/mol. The lowest BCUT2D eigenvalue weighted by Gasteiger charge is -2.05. The molecule has 1 aromatic rings. The summed E-state index contributed by atoms with van der Waals surface area (Å²) in [5.41, 5.74) is 0.985. The summed E-state index contributed by atoms with van der Waals surface area (Å²) < 4.78 is 13.3. The zero-order valence-corrected chi connectivity index (χ0v) is 8.36. The highest BCUT2D eigenvalue weighted by molar-refractivity contribution is 9.10. The summed E-state index contributed by atoms with van der Waals surface area (Å²) in [7, 11) is 0. The van der Waals surface area contributed by atoms with Gasteiger partial charge in [0.15, 0.2) is 0 Å². The van der Waals surface area contributed by atoms with Crippen LogP contribution in [0.5, 0.6) is 0 Å². The zero-order valence-electron chi connectivity index (χ0n) is 6.77. The Balaban J connectivity index is 3.04. The van der Waals surface area contributed by atoms with Crippen LogP contribution < -0.4 is 0 Å². The predicted molar refractivity (Wildman–Crippen MR) is 52.3 cm³/mol. The third kappa shape index (κ3) is 1.95. The molecule has 0 saturated heterocycles. The molecule has 0 spiro atoms. The Morgan fingerprint density at radius 3 is 2.75 bits per heavy atom. The molecule has 0 unspecified atom stereocenters. The summed E-state index contributed by atoms with van der Waals surface area (Å²) in [5, 5.41) is 0. The average molecular weight is 228 g/mol. The van der Waals surface area contributed by atoms with Gasteiger partial charge < -0.3 is 0 Å². The first-order valence-electron chi connectivity index (χ1n) is 3.56. The molecule has 0 amide bonds. The maximum atomic E-state index is 12.8. The molecule has 0 saturated carbocycles. The first-order valence-corrected chi connectivity index (χ1v) is 4.36. The van der Waals surface area contributed by atoms with E-state index in [-0.39, 0.29) is 5.82 Å². The normalized spacial score (nSPS) is 10.3. The first kappa shape index (κ1) is 9.46. The van der Waals surface area contributed by atoms with Gasteiger partial charge in [0, 0.05) is 5.92 Å². The van der Waals surface area contributed by atoms with Crippen LogP contribution in [0.2, 0.25) is 0 Å². The van der Waals surface area contributed by atoms with Crippen LogP contribution in [0.1, 0.15) is 12.5 Å². The van der Waals surface area contributed by atoms with Crippen LogP contribution in [0.15, 0.2) is 35.3 Å². The smallest absolute Gasteiger partial charge is 0.137 e. The number of benzene rings is 1. The quantitative estimate of drug-likeness (QED) is 0.723. The zero-order chi connectivity index (χ0) is 9.14. The van der Waals surface area contributed by atoms with Crippen LogP contribution in [0.3, 0.4) is 0 Å². The number of allylic oxidation sites excluding steroid dienone is 1. The SMILES string of the molecule is C=C[C](C)c1ccc(F)c(Br)c1. The fourth-order valence-corrected chi connectivity index (χ4v) is 1.24. The van der Waals surface area contributed by atoms with Crippen LogP contribution in [-0.4, -0.2) is 0 Å². The van der Waals surface area contributed by atoms with Crippen molar-refractivity contribution >= 4 is 15.9 Å². The maximum absolute atomic E-state index is 12.8. The number of rotatable bonds is 2. The molecular formula is C10H9BrF.